The number of anilines is 1. The van der Waals surface area contributed by atoms with Crippen LogP contribution in [0.4, 0.5) is 10.5 Å². The van der Waals surface area contributed by atoms with Gasteiger partial charge in [0, 0.05) is 24.2 Å². The number of hydrogen-bond acceptors (Lipinski definition) is 6. The zero-order valence-corrected chi connectivity index (χ0v) is 16.6. The molecule has 7 nitrogen and oxygen atoms in total. The first-order valence-electron chi connectivity index (χ1n) is 9.45. The fourth-order valence-corrected chi connectivity index (χ4v) is 4.00. The monoisotopic (exact) mass is 411 g/mol. The number of urea groups is 1. The first-order chi connectivity index (χ1) is 14.2. The Morgan fingerprint density at radius 3 is 2.90 bits per heavy atom. The summed E-state index contributed by atoms with van der Waals surface area (Å²) < 4.78 is 10.8. The zero-order valence-electron chi connectivity index (χ0n) is 15.7. The molecule has 0 bridgehead atoms. The van der Waals surface area contributed by atoms with E-state index in [0.717, 1.165) is 17.1 Å². The lowest BCUT2D eigenvalue weighted by Gasteiger charge is -2.31. The van der Waals surface area contributed by atoms with Crippen molar-refractivity contribution in [1.82, 2.24) is 9.88 Å². The number of benzene rings is 1. The smallest absolute Gasteiger partial charge is 0.321 e. The van der Waals surface area contributed by atoms with Crippen LogP contribution >= 0.6 is 11.3 Å². The van der Waals surface area contributed by atoms with Crippen LogP contribution in [-0.2, 0) is 16.1 Å². The summed E-state index contributed by atoms with van der Waals surface area (Å²) in [5, 5.41) is 5.47. The average molecular weight is 411 g/mol. The Morgan fingerprint density at radius 1 is 1.24 bits per heavy atom. The van der Waals surface area contributed by atoms with Gasteiger partial charge in [0.2, 0.25) is 0 Å². The van der Waals surface area contributed by atoms with Crippen LogP contribution in [0.5, 0.6) is 0 Å². The van der Waals surface area contributed by atoms with Crippen molar-refractivity contribution in [3.8, 4) is 10.8 Å². The van der Waals surface area contributed by atoms with Gasteiger partial charge in [-0.3, -0.25) is 4.79 Å². The predicted molar refractivity (Wildman–Crippen MR) is 109 cm³/mol. The van der Waals surface area contributed by atoms with Crippen LogP contribution in [0.1, 0.15) is 18.5 Å². The number of nitrogens with zero attached hydrogens (tertiary/aromatic N) is 2. The van der Waals surface area contributed by atoms with Crippen molar-refractivity contribution >= 4 is 29.0 Å². The molecule has 1 atom stereocenters. The molecule has 0 saturated carbocycles. The molecule has 0 aliphatic carbocycles. The third-order valence-electron chi connectivity index (χ3n) is 4.71. The Hall–Kier alpha value is -3.13. The van der Waals surface area contributed by atoms with Gasteiger partial charge in [0.05, 0.1) is 17.9 Å². The van der Waals surface area contributed by atoms with E-state index in [1.165, 1.54) is 11.3 Å². The van der Waals surface area contributed by atoms with E-state index in [1.807, 2.05) is 41.8 Å². The summed E-state index contributed by atoms with van der Waals surface area (Å²) in [6, 6.07) is 12.7. The summed E-state index contributed by atoms with van der Waals surface area (Å²) in [5.74, 6) is 0.0724. The van der Waals surface area contributed by atoms with Gasteiger partial charge in [0.1, 0.15) is 6.61 Å². The molecule has 1 N–H and O–H groups in total. The molecule has 2 amide bonds. The fourth-order valence-electron chi connectivity index (χ4n) is 3.23. The molecule has 1 saturated heterocycles. The second kappa shape index (κ2) is 8.91. The van der Waals surface area contributed by atoms with Crippen molar-refractivity contribution in [3.05, 3.63) is 59.8 Å². The number of amides is 2. The van der Waals surface area contributed by atoms with Crippen LogP contribution in [0.15, 0.2) is 58.5 Å². The van der Waals surface area contributed by atoms with Crippen molar-refractivity contribution in [2.45, 2.75) is 19.4 Å². The van der Waals surface area contributed by atoms with E-state index in [0.29, 0.717) is 31.0 Å². The highest BCUT2D eigenvalue weighted by molar-refractivity contribution is 7.13. The zero-order chi connectivity index (χ0) is 20.1. The van der Waals surface area contributed by atoms with Crippen LogP contribution in [-0.4, -0.2) is 35.0 Å². The molecule has 150 valence electrons. The van der Waals surface area contributed by atoms with Gasteiger partial charge in [-0.15, -0.1) is 11.3 Å². The number of esters is 1. The van der Waals surface area contributed by atoms with Gasteiger partial charge in [0.25, 0.3) is 0 Å². The Balaban J connectivity index is 1.29. The normalized spacial score (nSPS) is 16.4. The van der Waals surface area contributed by atoms with Crippen molar-refractivity contribution in [3.63, 3.8) is 0 Å². The predicted octanol–water partition coefficient (Wildman–Crippen LogP) is 4.39. The largest absolute Gasteiger partial charge is 0.462 e. The van der Waals surface area contributed by atoms with E-state index in [4.69, 9.17) is 9.15 Å². The molecule has 1 unspecified atom stereocenters. The van der Waals surface area contributed by atoms with Gasteiger partial charge >= 0.3 is 12.0 Å². The number of carbonyl (C=O) groups is 2. The third kappa shape index (κ3) is 4.83. The SMILES string of the molecule is O=C(OCc1csc(-c2ccco2)n1)C1CCCN(C(=O)Nc2ccccc2)C1. The molecular formula is C21H21N3O4S. The van der Waals surface area contributed by atoms with E-state index >= 15 is 0 Å². The minimum atomic E-state index is -0.326. The second-order valence-electron chi connectivity index (χ2n) is 6.81. The summed E-state index contributed by atoms with van der Waals surface area (Å²) >= 11 is 1.44. The van der Waals surface area contributed by atoms with Crippen LogP contribution in [0.2, 0.25) is 0 Å². The number of para-hydroxylation sites is 1. The summed E-state index contributed by atoms with van der Waals surface area (Å²) in [6.45, 7) is 1.09. The fraction of sp³-hybridized carbons (Fsp3) is 0.286. The average Bonchev–Trinajstić information content (AvgIpc) is 3.45. The number of carbonyl (C=O) groups excluding carboxylic acids is 2. The maximum atomic E-state index is 12.5. The van der Waals surface area contributed by atoms with Gasteiger partial charge in [-0.25, -0.2) is 9.78 Å². The molecule has 1 aliphatic rings. The molecule has 8 heteroatoms. The Bertz CT molecular complexity index is 955. The van der Waals surface area contributed by atoms with E-state index in [2.05, 4.69) is 10.3 Å². The summed E-state index contributed by atoms with van der Waals surface area (Å²) in [7, 11) is 0. The number of piperidine rings is 1. The highest BCUT2D eigenvalue weighted by Gasteiger charge is 2.29. The lowest BCUT2D eigenvalue weighted by atomic mass is 9.98. The van der Waals surface area contributed by atoms with Gasteiger partial charge in [-0.05, 0) is 37.1 Å². The van der Waals surface area contributed by atoms with E-state index < -0.39 is 0 Å². The number of nitrogens with one attached hydrogen (secondary N) is 1. The van der Waals surface area contributed by atoms with Crippen molar-refractivity contribution in [2.24, 2.45) is 5.92 Å². The molecule has 1 aromatic carbocycles. The van der Waals surface area contributed by atoms with E-state index in [1.54, 1.807) is 17.2 Å². The molecule has 3 aromatic rings. The number of ether oxygens (including phenoxy) is 1. The molecule has 1 aliphatic heterocycles. The quantitative estimate of drug-likeness (QED) is 0.630. The first-order valence-corrected chi connectivity index (χ1v) is 10.3. The number of aromatic nitrogens is 1. The summed E-state index contributed by atoms with van der Waals surface area (Å²) in [4.78, 5) is 31.1. The van der Waals surface area contributed by atoms with Crippen molar-refractivity contribution in [2.75, 3.05) is 18.4 Å². The minimum Gasteiger partial charge on any atom is -0.462 e. The van der Waals surface area contributed by atoms with Crippen LogP contribution in [0.25, 0.3) is 10.8 Å². The molecular weight excluding hydrogens is 390 g/mol. The van der Waals surface area contributed by atoms with Crippen molar-refractivity contribution in [1.29, 1.82) is 0 Å². The molecule has 2 aromatic heterocycles. The lowest BCUT2D eigenvalue weighted by Crippen LogP contribution is -2.44. The highest BCUT2D eigenvalue weighted by atomic mass is 32.1. The Morgan fingerprint density at radius 2 is 2.10 bits per heavy atom. The molecule has 3 heterocycles. The topological polar surface area (TPSA) is 84.7 Å². The van der Waals surface area contributed by atoms with E-state index in [9.17, 15) is 9.59 Å². The number of likely N-dealkylation sites (tertiary alicyclic amines) is 1. The lowest BCUT2D eigenvalue weighted by molar-refractivity contribution is -0.151. The Labute approximate surface area is 172 Å². The molecule has 1 fully saturated rings. The third-order valence-corrected chi connectivity index (χ3v) is 5.62. The van der Waals surface area contributed by atoms with Crippen LogP contribution in [0.3, 0.4) is 0 Å². The maximum absolute atomic E-state index is 12.5. The number of thiazole rings is 1. The van der Waals surface area contributed by atoms with Gasteiger partial charge in [0.15, 0.2) is 10.8 Å². The van der Waals surface area contributed by atoms with Crippen LogP contribution < -0.4 is 5.32 Å². The Kier molecular flexibility index (Phi) is 5.90. The maximum Gasteiger partial charge on any atom is 0.321 e. The van der Waals surface area contributed by atoms with E-state index in [-0.39, 0.29) is 24.5 Å². The van der Waals surface area contributed by atoms with Crippen molar-refractivity contribution < 1.29 is 18.7 Å². The van der Waals surface area contributed by atoms with Gasteiger partial charge in [-0.1, -0.05) is 18.2 Å². The van der Waals surface area contributed by atoms with Crippen LogP contribution in [0, 0.1) is 5.92 Å². The minimum absolute atomic E-state index is 0.114. The summed E-state index contributed by atoms with van der Waals surface area (Å²) in [5.41, 5.74) is 1.42. The number of furan rings is 1. The second-order valence-corrected chi connectivity index (χ2v) is 7.67. The molecule has 0 radical (unpaired) electrons. The molecule has 29 heavy (non-hydrogen) atoms. The first kappa shape index (κ1) is 19.2. The number of rotatable bonds is 5. The molecule has 4 rings (SSSR count). The standard InChI is InChI=1S/C21H21N3O4S/c25-20(28-13-17-14-29-19(22-17)18-9-5-11-27-18)15-6-4-10-24(12-15)21(26)23-16-7-2-1-3-8-16/h1-3,5,7-9,11,14-15H,4,6,10,12-13H2,(H,23,26). The molecule has 0 spiro atoms. The highest BCUT2D eigenvalue weighted by Crippen LogP contribution is 2.25. The van der Waals surface area contributed by atoms with Gasteiger partial charge < -0.3 is 19.4 Å². The van der Waals surface area contributed by atoms with Gasteiger partial charge in [-0.2, -0.15) is 0 Å². The summed E-state index contributed by atoms with van der Waals surface area (Å²) in [6.07, 6.45) is 3.07. The number of hydrogen-bond donors (Lipinski definition) is 1.